The van der Waals surface area contributed by atoms with E-state index >= 15 is 0 Å². The fraction of sp³-hybridized carbons (Fsp3) is 0.0345. The molecule has 0 amide bonds. The minimum absolute atomic E-state index is 1.31. The Morgan fingerprint density at radius 1 is 0.419 bits per heavy atom. The molecule has 0 radical (unpaired) electrons. The molecule has 0 fully saturated rings. The van der Waals surface area contributed by atoms with Gasteiger partial charge in [0.2, 0.25) is 0 Å². The van der Waals surface area contributed by atoms with Crippen molar-refractivity contribution in [1.82, 2.24) is 0 Å². The Morgan fingerprint density at radius 3 is 0.968 bits per heavy atom. The third-order valence-electron chi connectivity index (χ3n) is 5.94. The van der Waals surface area contributed by atoms with Crippen LogP contribution in [0.25, 0.3) is 20.0 Å². The molecule has 0 N–H and O–H groups in total. The number of allylic oxidation sites excluding steroid dienone is 2. The fourth-order valence-corrected chi connectivity index (χ4v) is 17.3. The summed E-state index contributed by atoms with van der Waals surface area (Å²) in [6.45, 7) is 0. The van der Waals surface area contributed by atoms with Crippen LogP contribution < -0.4 is 0 Å². The van der Waals surface area contributed by atoms with Gasteiger partial charge in [0.1, 0.15) is 0 Å². The van der Waals surface area contributed by atoms with Crippen molar-refractivity contribution < 1.29 is 0 Å². The molecule has 2 heteroatoms. The first-order valence-electron chi connectivity index (χ1n) is 10.6. The van der Waals surface area contributed by atoms with Crippen LogP contribution in [-0.2, 0) is 0 Å². The summed E-state index contributed by atoms with van der Waals surface area (Å²) >= 11 is 2.85. The summed E-state index contributed by atoms with van der Waals surface area (Å²) in [6.07, 6.45) is 0. The molecule has 1 heterocycles. The van der Waals surface area contributed by atoms with Gasteiger partial charge in [-0.25, -0.2) is 0 Å². The average molecular weight is 571 g/mol. The molecule has 0 aromatic heterocycles. The third-order valence-corrected chi connectivity index (χ3v) is 17.7. The molecule has 0 atom stereocenters. The molecule has 1 aliphatic rings. The van der Waals surface area contributed by atoms with Crippen LogP contribution in [0.2, 0.25) is 5.76 Å². The van der Waals surface area contributed by atoms with Gasteiger partial charge in [-0.3, -0.25) is 0 Å². The van der Waals surface area contributed by atoms with Crippen LogP contribution in [0.4, 0.5) is 0 Å². The number of halogens is 1. The van der Waals surface area contributed by atoms with Crippen molar-refractivity contribution in [2.75, 3.05) is 0 Å². The van der Waals surface area contributed by atoms with Gasteiger partial charge in [0, 0.05) is 0 Å². The summed E-state index contributed by atoms with van der Waals surface area (Å²) in [6, 6.07) is 44.0. The van der Waals surface area contributed by atoms with E-state index in [1.807, 2.05) is 0 Å². The SMILES string of the molecule is [CH3][Ge]1([I])[C](c2ccccc2)=C(c2ccccc2)C(c2ccccc2)=[C]1c1ccccc1. The van der Waals surface area contributed by atoms with E-state index < -0.39 is 9.96 Å². The minimum atomic E-state index is -2.69. The molecule has 0 aliphatic carbocycles. The summed E-state index contributed by atoms with van der Waals surface area (Å²) < 4.78 is 3.12. The van der Waals surface area contributed by atoms with Crippen molar-refractivity contribution in [3.05, 3.63) is 144 Å². The topological polar surface area (TPSA) is 0 Å². The normalized spacial score (nSPS) is 15.4. The zero-order valence-corrected chi connectivity index (χ0v) is 21.7. The summed E-state index contributed by atoms with van der Waals surface area (Å²) in [5.41, 5.74) is 8.15. The molecule has 150 valence electrons. The van der Waals surface area contributed by atoms with Gasteiger partial charge in [0.05, 0.1) is 0 Å². The summed E-state index contributed by atoms with van der Waals surface area (Å²) in [5.74, 6) is 2.55. The van der Waals surface area contributed by atoms with Crippen LogP contribution in [0.1, 0.15) is 22.3 Å². The molecule has 4 aromatic rings. The fourth-order valence-electron chi connectivity index (χ4n) is 4.67. The monoisotopic (exact) mass is 572 g/mol. The van der Waals surface area contributed by atoms with Crippen molar-refractivity contribution in [2.24, 2.45) is 0 Å². The van der Waals surface area contributed by atoms with Crippen LogP contribution in [0.5, 0.6) is 0 Å². The molecule has 5 rings (SSSR count). The van der Waals surface area contributed by atoms with Gasteiger partial charge in [-0.05, 0) is 0 Å². The molecular formula is C29H23GeI. The Hall–Kier alpha value is -2.37. The summed E-state index contributed by atoms with van der Waals surface area (Å²) in [5, 5.41) is 0. The standard InChI is InChI=1S/C29H23GeI/c1-30(31)28(24-18-10-4-11-19-24)26(22-14-6-2-7-15-22)27(23-16-8-3-9-17-23)29(30)25-20-12-5-13-21-25/h2-21H,1H3. The predicted octanol–water partition coefficient (Wildman–Crippen LogP) is 8.31. The second-order valence-electron chi connectivity index (χ2n) is 7.97. The van der Waals surface area contributed by atoms with Crippen molar-refractivity contribution in [2.45, 2.75) is 5.76 Å². The van der Waals surface area contributed by atoms with Gasteiger partial charge in [0.25, 0.3) is 0 Å². The van der Waals surface area contributed by atoms with Gasteiger partial charge in [-0.1, -0.05) is 0 Å². The van der Waals surface area contributed by atoms with E-state index in [2.05, 4.69) is 147 Å². The van der Waals surface area contributed by atoms with Crippen molar-refractivity contribution in [3.63, 3.8) is 0 Å². The molecule has 0 unspecified atom stereocenters. The van der Waals surface area contributed by atoms with Gasteiger partial charge < -0.3 is 0 Å². The molecular weight excluding hydrogens is 548 g/mol. The number of rotatable bonds is 4. The Balaban J connectivity index is 1.92. The number of benzene rings is 4. The maximum atomic E-state index is 2.85. The van der Waals surface area contributed by atoms with Gasteiger partial charge in [-0.2, -0.15) is 0 Å². The Kier molecular flexibility index (Phi) is 5.72. The number of hydrogen-bond donors (Lipinski definition) is 0. The molecule has 1 aliphatic heterocycles. The molecule has 0 spiro atoms. The Labute approximate surface area is 198 Å². The molecule has 4 aromatic carbocycles. The first-order valence-corrected chi connectivity index (χ1v) is 21.2. The van der Waals surface area contributed by atoms with Crippen LogP contribution in [0, 0.1) is 0 Å². The van der Waals surface area contributed by atoms with E-state index in [4.69, 9.17) is 0 Å². The van der Waals surface area contributed by atoms with Crippen LogP contribution in [0.3, 0.4) is 0 Å². The van der Waals surface area contributed by atoms with Gasteiger partial charge >= 0.3 is 199 Å². The van der Waals surface area contributed by atoms with E-state index in [1.165, 1.54) is 33.4 Å². The van der Waals surface area contributed by atoms with Crippen LogP contribution >= 0.6 is 20.2 Å². The second kappa shape index (κ2) is 8.64. The van der Waals surface area contributed by atoms with Crippen LogP contribution in [-0.4, -0.2) is 9.96 Å². The first-order chi connectivity index (χ1) is 15.2. The van der Waals surface area contributed by atoms with Crippen molar-refractivity contribution in [3.8, 4) is 0 Å². The summed E-state index contributed by atoms with van der Waals surface area (Å²) in [7, 11) is -2.69. The van der Waals surface area contributed by atoms with Crippen molar-refractivity contribution in [1.29, 1.82) is 0 Å². The Bertz CT molecular complexity index is 1150. The van der Waals surface area contributed by atoms with E-state index in [-0.39, 0.29) is 0 Å². The quantitative estimate of drug-likeness (QED) is 0.171. The zero-order valence-electron chi connectivity index (χ0n) is 17.4. The maximum absolute atomic E-state index is 2.85. The molecule has 0 bridgehead atoms. The second-order valence-corrected chi connectivity index (χ2v) is 25.5. The van der Waals surface area contributed by atoms with Crippen LogP contribution in [0.15, 0.2) is 121 Å². The van der Waals surface area contributed by atoms with E-state index in [0.29, 0.717) is 0 Å². The molecule has 0 saturated heterocycles. The summed E-state index contributed by atoms with van der Waals surface area (Å²) in [4.78, 5) is 0. The van der Waals surface area contributed by atoms with Crippen molar-refractivity contribution >= 4 is 50.1 Å². The average Bonchev–Trinajstić information content (AvgIpc) is 3.08. The Morgan fingerprint density at radius 2 is 0.677 bits per heavy atom. The van der Waals surface area contributed by atoms with Gasteiger partial charge in [-0.15, -0.1) is 0 Å². The molecule has 31 heavy (non-hydrogen) atoms. The first kappa shape index (κ1) is 20.5. The zero-order chi connectivity index (χ0) is 21.3. The molecule has 0 saturated carbocycles. The predicted molar refractivity (Wildman–Crippen MR) is 145 cm³/mol. The van der Waals surface area contributed by atoms with E-state index in [9.17, 15) is 0 Å². The molecule has 0 nitrogen and oxygen atoms in total. The van der Waals surface area contributed by atoms with E-state index in [1.54, 1.807) is 8.81 Å². The third kappa shape index (κ3) is 3.74. The number of hydrogen-bond acceptors (Lipinski definition) is 0. The van der Waals surface area contributed by atoms with E-state index in [0.717, 1.165) is 0 Å². The van der Waals surface area contributed by atoms with Gasteiger partial charge in [0.15, 0.2) is 0 Å².